The van der Waals surface area contributed by atoms with Gasteiger partial charge in [-0.25, -0.2) is 0 Å². The molecule has 0 fully saturated rings. The van der Waals surface area contributed by atoms with Gasteiger partial charge in [0.05, 0.1) is 12.2 Å². The third-order valence-electron chi connectivity index (χ3n) is 5.73. The third-order valence-corrected chi connectivity index (χ3v) is 5.73. The number of hydrogen-bond acceptors (Lipinski definition) is 3. The summed E-state index contributed by atoms with van der Waals surface area (Å²) in [7, 11) is 0. The van der Waals surface area contributed by atoms with Crippen LogP contribution in [-0.2, 0) is 17.9 Å². The summed E-state index contributed by atoms with van der Waals surface area (Å²) in [6.07, 6.45) is 0. The van der Waals surface area contributed by atoms with E-state index in [1.807, 2.05) is 78.9 Å². The summed E-state index contributed by atoms with van der Waals surface area (Å²) in [6, 6.07) is 25.3. The first-order chi connectivity index (χ1) is 15.6. The lowest BCUT2D eigenvalue weighted by Crippen LogP contribution is -2.29. The highest BCUT2D eigenvalue weighted by Gasteiger charge is 2.29. The van der Waals surface area contributed by atoms with E-state index in [1.165, 1.54) is 0 Å². The second-order valence-electron chi connectivity index (χ2n) is 7.77. The number of rotatable bonds is 3. The molecule has 5 rings (SSSR count). The Morgan fingerprint density at radius 1 is 0.938 bits per heavy atom. The average Bonchev–Trinajstić information content (AvgIpc) is 3.25. The van der Waals surface area contributed by atoms with E-state index in [4.69, 9.17) is 0 Å². The van der Waals surface area contributed by atoms with E-state index in [2.05, 4.69) is 15.5 Å². The standard InChI is InChI=1S/C26H22N4O2/c1-17(31)30-16-19-11-5-6-12-20(19)23-24(21-13-7-8-14-22(21)30)28-29-25(23)26(32)27-15-18-9-3-2-4-10-18/h2-14H,15-16H2,1H3,(H,27,32)(H,28,29). The average molecular weight is 422 g/mol. The number of hydrogen-bond donors (Lipinski definition) is 2. The van der Waals surface area contributed by atoms with Crippen molar-refractivity contribution in [1.82, 2.24) is 15.5 Å². The number of nitrogens with one attached hydrogen (secondary N) is 2. The first-order valence-electron chi connectivity index (χ1n) is 10.5. The number of benzene rings is 3. The van der Waals surface area contributed by atoms with E-state index < -0.39 is 0 Å². The number of H-pyrrole nitrogens is 1. The maximum atomic E-state index is 13.2. The second kappa shape index (κ2) is 8.15. The van der Waals surface area contributed by atoms with E-state index in [-0.39, 0.29) is 11.8 Å². The van der Waals surface area contributed by atoms with E-state index in [1.54, 1.807) is 11.8 Å². The fourth-order valence-corrected chi connectivity index (χ4v) is 4.18. The molecule has 1 aliphatic heterocycles. The molecule has 2 heterocycles. The van der Waals surface area contributed by atoms with Gasteiger partial charge in [0, 0.05) is 24.6 Å². The fraction of sp³-hybridized carbons (Fsp3) is 0.115. The van der Waals surface area contributed by atoms with Crippen molar-refractivity contribution in [3.63, 3.8) is 0 Å². The van der Waals surface area contributed by atoms with Gasteiger partial charge < -0.3 is 10.2 Å². The number of aromatic nitrogens is 2. The molecule has 32 heavy (non-hydrogen) atoms. The zero-order chi connectivity index (χ0) is 22.1. The lowest BCUT2D eigenvalue weighted by Gasteiger charge is -2.27. The van der Waals surface area contributed by atoms with Crippen LogP contribution in [0.15, 0.2) is 78.9 Å². The van der Waals surface area contributed by atoms with Crippen molar-refractivity contribution in [2.75, 3.05) is 4.90 Å². The first-order valence-corrected chi connectivity index (χ1v) is 10.5. The van der Waals surface area contributed by atoms with E-state index in [0.717, 1.165) is 33.5 Å². The molecule has 0 radical (unpaired) electrons. The molecular weight excluding hydrogens is 400 g/mol. The molecule has 1 aliphatic rings. The summed E-state index contributed by atoms with van der Waals surface area (Å²) in [5, 5.41) is 10.5. The van der Waals surface area contributed by atoms with Gasteiger partial charge in [-0.15, -0.1) is 0 Å². The number of fused-ring (bicyclic) bond motifs is 5. The Kier molecular flexibility index (Phi) is 5.03. The number of para-hydroxylation sites is 1. The molecule has 2 amide bonds. The van der Waals surface area contributed by atoms with Crippen molar-refractivity contribution in [3.05, 3.63) is 95.7 Å². The van der Waals surface area contributed by atoms with Crippen LogP contribution in [0, 0.1) is 0 Å². The quantitative estimate of drug-likeness (QED) is 0.509. The van der Waals surface area contributed by atoms with Gasteiger partial charge in [0.2, 0.25) is 5.91 Å². The molecule has 4 aromatic rings. The molecule has 6 heteroatoms. The minimum Gasteiger partial charge on any atom is -0.347 e. The zero-order valence-corrected chi connectivity index (χ0v) is 17.6. The van der Waals surface area contributed by atoms with Crippen molar-refractivity contribution in [3.8, 4) is 22.4 Å². The Morgan fingerprint density at radius 3 is 2.41 bits per heavy atom. The SMILES string of the molecule is CC(=O)N1Cc2ccccc2-c2c(n[nH]c2C(=O)NCc2ccccc2)-c2ccccc21. The number of carbonyl (C=O) groups excluding carboxylic acids is 2. The van der Waals surface area contributed by atoms with Crippen molar-refractivity contribution >= 4 is 17.5 Å². The Balaban J connectivity index is 1.64. The summed E-state index contributed by atoms with van der Waals surface area (Å²) in [5.74, 6) is -0.272. The highest BCUT2D eigenvalue weighted by atomic mass is 16.2. The lowest BCUT2D eigenvalue weighted by molar-refractivity contribution is -0.116. The summed E-state index contributed by atoms with van der Waals surface area (Å²) in [4.78, 5) is 27.5. The molecule has 0 aliphatic carbocycles. The summed E-state index contributed by atoms with van der Waals surface area (Å²) >= 11 is 0. The van der Waals surface area contributed by atoms with Gasteiger partial charge >= 0.3 is 0 Å². The number of anilines is 1. The van der Waals surface area contributed by atoms with Gasteiger partial charge in [-0.05, 0) is 22.8 Å². The molecule has 158 valence electrons. The summed E-state index contributed by atoms with van der Waals surface area (Å²) < 4.78 is 0. The predicted molar refractivity (Wildman–Crippen MR) is 124 cm³/mol. The Labute approximate surface area is 185 Å². The number of nitrogens with zero attached hydrogens (tertiary/aromatic N) is 2. The Bertz CT molecular complexity index is 1310. The zero-order valence-electron chi connectivity index (χ0n) is 17.6. The largest absolute Gasteiger partial charge is 0.347 e. The van der Waals surface area contributed by atoms with Gasteiger partial charge in [-0.3, -0.25) is 14.7 Å². The molecule has 0 bridgehead atoms. The lowest BCUT2D eigenvalue weighted by atomic mass is 9.91. The summed E-state index contributed by atoms with van der Waals surface area (Å²) in [6.45, 7) is 2.40. The van der Waals surface area contributed by atoms with Crippen molar-refractivity contribution < 1.29 is 9.59 Å². The molecule has 6 nitrogen and oxygen atoms in total. The summed E-state index contributed by atoms with van der Waals surface area (Å²) in [5.41, 5.74) is 6.27. The number of amides is 2. The predicted octanol–water partition coefficient (Wildman–Crippen LogP) is 4.54. The van der Waals surface area contributed by atoms with Crippen LogP contribution in [0.2, 0.25) is 0 Å². The normalized spacial score (nSPS) is 12.1. The molecule has 2 N–H and O–H groups in total. The Hall–Kier alpha value is -4.19. The highest BCUT2D eigenvalue weighted by molar-refractivity contribution is 6.06. The van der Waals surface area contributed by atoms with Gasteiger partial charge in [-0.1, -0.05) is 72.8 Å². The topological polar surface area (TPSA) is 78.1 Å². The van der Waals surface area contributed by atoms with Crippen LogP contribution in [0.1, 0.15) is 28.5 Å². The smallest absolute Gasteiger partial charge is 0.270 e. The van der Waals surface area contributed by atoms with E-state index >= 15 is 0 Å². The maximum absolute atomic E-state index is 13.2. The van der Waals surface area contributed by atoms with Gasteiger partial charge in [0.1, 0.15) is 11.4 Å². The molecule has 0 atom stereocenters. The monoisotopic (exact) mass is 422 g/mol. The number of aromatic amines is 1. The molecule has 1 aromatic heterocycles. The van der Waals surface area contributed by atoms with Crippen LogP contribution in [-0.4, -0.2) is 22.0 Å². The maximum Gasteiger partial charge on any atom is 0.270 e. The van der Waals surface area contributed by atoms with Gasteiger partial charge in [0.25, 0.3) is 5.91 Å². The van der Waals surface area contributed by atoms with Gasteiger partial charge in [-0.2, -0.15) is 5.10 Å². The highest BCUT2D eigenvalue weighted by Crippen LogP contribution is 2.42. The Morgan fingerprint density at radius 2 is 1.62 bits per heavy atom. The van der Waals surface area contributed by atoms with Crippen LogP contribution in [0.5, 0.6) is 0 Å². The molecular formula is C26H22N4O2. The van der Waals surface area contributed by atoms with Crippen LogP contribution in [0.4, 0.5) is 5.69 Å². The first kappa shape index (κ1) is 19.8. The van der Waals surface area contributed by atoms with Crippen LogP contribution >= 0.6 is 0 Å². The van der Waals surface area contributed by atoms with Crippen molar-refractivity contribution in [2.45, 2.75) is 20.0 Å². The van der Waals surface area contributed by atoms with Crippen LogP contribution in [0.3, 0.4) is 0 Å². The van der Waals surface area contributed by atoms with E-state index in [0.29, 0.717) is 24.5 Å². The molecule has 0 saturated heterocycles. The van der Waals surface area contributed by atoms with Crippen molar-refractivity contribution in [1.29, 1.82) is 0 Å². The fourth-order valence-electron chi connectivity index (χ4n) is 4.18. The minimum atomic E-state index is -0.223. The molecule has 0 saturated carbocycles. The third kappa shape index (κ3) is 3.46. The van der Waals surface area contributed by atoms with Crippen LogP contribution < -0.4 is 10.2 Å². The second-order valence-corrected chi connectivity index (χ2v) is 7.77. The molecule has 0 spiro atoms. The van der Waals surface area contributed by atoms with Crippen molar-refractivity contribution in [2.24, 2.45) is 0 Å². The van der Waals surface area contributed by atoms with E-state index in [9.17, 15) is 9.59 Å². The minimum absolute atomic E-state index is 0.0490. The molecule has 0 unspecified atom stereocenters. The van der Waals surface area contributed by atoms with Crippen LogP contribution in [0.25, 0.3) is 22.4 Å². The van der Waals surface area contributed by atoms with Gasteiger partial charge in [0.15, 0.2) is 0 Å². The molecule has 3 aromatic carbocycles. The number of carbonyl (C=O) groups is 2.